The molecule has 0 spiro atoms. The number of aliphatic carboxylic acids is 1. The Morgan fingerprint density at radius 3 is 2.21 bits per heavy atom. The number of hydrogen-bond acceptors (Lipinski definition) is 3. The maximum atomic E-state index is 12.5. The molecule has 122 valence electrons. The minimum atomic E-state index is -1.26. The number of carbonyl (C=O) groups excluding carboxylic acids is 2. The molecule has 1 atom stereocenters. The predicted octanol–water partition coefficient (Wildman–Crippen LogP) is 2.21. The molecule has 2 aromatic carbocycles. The number of imide groups is 1. The second-order valence-electron chi connectivity index (χ2n) is 5.78. The van der Waals surface area contributed by atoms with Gasteiger partial charge in [-0.3, -0.25) is 14.5 Å². The van der Waals surface area contributed by atoms with Gasteiger partial charge in [0.1, 0.15) is 12.1 Å². The smallest absolute Gasteiger partial charge is 0.325 e. The molecule has 1 aliphatic rings. The number of nitrogens with one attached hydrogen (secondary N) is 1. The van der Waals surface area contributed by atoms with Crippen LogP contribution in [-0.2, 0) is 15.1 Å². The minimum Gasteiger partial charge on any atom is -0.480 e. The van der Waals surface area contributed by atoms with E-state index in [4.69, 9.17) is 5.11 Å². The lowest BCUT2D eigenvalue weighted by atomic mass is 9.90. The van der Waals surface area contributed by atoms with Gasteiger partial charge in [0, 0.05) is 0 Å². The van der Waals surface area contributed by atoms with Gasteiger partial charge in [-0.05, 0) is 23.6 Å². The number of hydrogen-bond donors (Lipinski definition) is 2. The lowest BCUT2D eigenvalue weighted by Gasteiger charge is -2.22. The van der Waals surface area contributed by atoms with Crippen molar-refractivity contribution in [3.05, 3.63) is 60.2 Å². The second kappa shape index (κ2) is 5.81. The van der Waals surface area contributed by atoms with Crippen LogP contribution in [0.3, 0.4) is 0 Å². The van der Waals surface area contributed by atoms with Crippen molar-refractivity contribution >= 4 is 17.9 Å². The molecule has 1 aliphatic heterocycles. The normalized spacial score (nSPS) is 20.1. The first-order valence-corrected chi connectivity index (χ1v) is 7.44. The lowest BCUT2D eigenvalue weighted by Crippen LogP contribution is -2.41. The van der Waals surface area contributed by atoms with Gasteiger partial charge in [-0.25, -0.2) is 4.79 Å². The fourth-order valence-corrected chi connectivity index (χ4v) is 2.80. The van der Waals surface area contributed by atoms with Gasteiger partial charge in [0.25, 0.3) is 5.91 Å². The van der Waals surface area contributed by atoms with Crippen molar-refractivity contribution in [3.8, 4) is 11.1 Å². The molecule has 0 aromatic heterocycles. The number of nitrogens with zero attached hydrogens (tertiary/aromatic N) is 1. The molecule has 6 nitrogen and oxygen atoms in total. The molecule has 0 radical (unpaired) electrons. The van der Waals surface area contributed by atoms with Crippen molar-refractivity contribution < 1.29 is 19.5 Å². The molecule has 1 unspecified atom stereocenters. The third kappa shape index (κ3) is 2.62. The summed E-state index contributed by atoms with van der Waals surface area (Å²) in [5, 5.41) is 11.4. The molecule has 0 saturated carbocycles. The van der Waals surface area contributed by atoms with E-state index in [2.05, 4.69) is 5.32 Å². The summed E-state index contributed by atoms with van der Waals surface area (Å²) in [5.74, 6) is -1.80. The van der Waals surface area contributed by atoms with Gasteiger partial charge in [-0.15, -0.1) is 0 Å². The molecule has 1 heterocycles. The second-order valence-corrected chi connectivity index (χ2v) is 5.78. The molecular weight excluding hydrogens is 308 g/mol. The van der Waals surface area contributed by atoms with Crippen LogP contribution in [0.5, 0.6) is 0 Å². The topological polar surface area (TPSA) is 86.7 Å². The molecule has 1 saturated heterocycles. The molecular formula is C18H16N2O4. The van der Waals surface area contributed by atoms with Crippen LogP contribution >= 0.6 is 0 Å². The Morgan fingerprint density at radius 2 is 1.62 bits per heavy atom. The Kier molecular flexibility index (Phi) is 3.81. The molecule has 3 amide bonds. The average Bonchev–Trinajstić information content (AvgIpc) is 2.80. The van der Waals surface area contributed by atoms with E-state index in [-0.39, 0.29) is 0 Å². The van der Waals surface area contributed by atoms with E-state index in [9.17, 15) is 14.4 Å². The van der Waals surface area contributed by atoms with Gasteiger partial charge in [0.15, 0.2) is 0 Å². The summed E-state index contributed by atoms with van der Waals surface area (Å²) in [7, 11) is 0. The van der Waals surface area contributed by atoms with Gasteiger partial charge in [0.05, 0.1) is 0 Å². The largest absolute Gasteiger partial charge is 0.480 e. The van der Waals surface area contributed by atoms with Gasteiger partial charge in [-0.2, -0.15) is 0 Å². The van der Waals surface area contributed by atoms with Crippen LogP contribution in [0.2, 0.25) is 0 Å². The number of amides is 3. The number of benzene rings is 2. The molecule has 0 bridgehead atoms. The van der Waals surface area contributed by atoms with Crippen LogP contribution in [-0.4, -0.2) is 34.5 Å². The summed E-state index contributed by atoms with van der Waals surface area (Å²) >= 11 is 0. The molecule has 3 rings (SSSR count). The highest BCUT2D eigenvalue weighted by atomic mass is 16.4. The predicted molar refractivity (Wildman–Crippen MR) is 87.1 cm³/mol. The molecule has 2 aromatic rings. The van der Waals surface area contributed by atoms with Crippen molar-refractivity contribution in [3.63, 3.8) is 0 Å². The van der Waals surface area contributed by atoms with Gasteiger partial charge in [-0.1, -0.05) is 54.6 Å². The van der Waals surface area contributed by atoms with Gasteiger partial charge in [0.2, 0.25) is 0 Å². The van der Waals surface area contributed by atoms with Crippen molar-refractivity contribution in [1.82, 2.24) is 10.2 Å². The summed E-state index contributed by atoms with van der Waals surface area (Å²) in [6.07, 6.45) is 0. The maximum Gasteiger partial charge on any atom is 0.325 e. The lowest BCUT2D eigenvalue weighted by molar-refractivity contribution is -0.142. The molecule has 1 fully saturated rings. The Labute approximate surface area is 138 Å². The van der Waals surface area contributed by atoms with Crippen LogP contribution in [0.25, 0.3) is 11.1 Å². The van der Waals surface area contributed by atoms with E-state index >= 15 is 0 Å². The minimum absolute atomic E-state index is 0.567. The summed E-state index contributed by atoms with van der Waals surface area (Å²) in [6.45, 7) is 0.926. The highest BCUT2D eigenvalue weighted by Crippen LogP contribution is 2.30. The zero-order valence-corrected chi connectivity index (χ0v) is 13.0. The Balaban J connectivity index is 1.90. The zero-order chi connectivity index (χ0) is 17.3. The number of carboxylic acid groups (broad SMARTS) is 1. The molecule has 0 aliphatic carbocycles. The van der Waals surface area contributed by atoms with E-state index < -0.39 is 30.0 Å². The van der Waals surface area contributed by atoms with Crippen LogP contribution < -0.4 is 5.32 Å². The summed E-state index contributed by atoms with van der Waals surface area (Å²) in [5.41, 5.74) is 1.38. The third-order valence-corrected chi connectivity index (χ3v) is 4.14. The number of urea groups is 1. The highest BCUT2D eigenvalue weighted by molar-refractivity contribution is 6.08. The van der Waals surface area contributed by atoms with Crippen molar-refractivity contribution in [1.29, 1.82) is 0 Å². The first-order valence-electron chi connectivity index (χ1n) is 7.44. The zero-order valence-electron chi connectivity index (χ0n) is 13.0. The fourth-order valence-electron chi connectivity index (χ4n) is 2.80. The quantitative estimate of drug-likeness (QED) is 0.844. The van der Waals surface area contributed by atoms with E-state index in [1.165, 1.54) is 0 Å². The van der Waals surface area contributed by atoms with Crippen LogP contribution in [0.15, 0.2) is 54.6 Å². The van der Waals surface area contributed by atoms with Crippen LogP contribution in [0, 0.1) is 0 Å². The van der Waals surface area contributed by atoms with E-state index in [1.807, 2.05) is 42.5 Å². The van der Waals surface area contributed by atoms with Crippen LogP contribution in [0.1, 0.15) is 12.5 Å². The molecule has 24 heavy (non-hydrogen) atoms. The first-order chi connectivity index (χ1) is 11.4. The molecule has 6 heteroatoms. The standard InChI is InChI=1S/C18H16N2O4/c1-18(16(23)20(11-15(21)22)17(24)19-18)14-9-7-13(8-10-14)12-5-3-2-4-6-12/h2-10H,11H2,1H3,(H,19,24)(H,21,22). The summed E-state index contributed by atoms with van der Waals surface area (Å²) in [6, 6.07) is 16.4. The summed E-state index contributed by atoms with van der Waals surface area (Å²) < 4.78 is 0. The van der Waals surface area contributed by atoms with Crippen LogP contribution in [0.4, 0.5) is 4.79 Å². The Morgan fingerprint density at radius 1 is 1.04 bits per heavy atom. The third-order valence-electron chi connectivity index (χ3n) is 4.14. The summed E-state index contributed by atoms with van der Waals surface area (Å²) in [4.78, 5) is 36.0. The Bertz CT molecular complexity index is 802. The fraction of sp³-hybridized carbons (Fsp3) is 0.167. The van der Waals surface area contributed by atoms with Crippen molar-refractivity contribution in [2.45, 2.75) is 12.5 Å². The average molecular weight is 324 g/mol. The Hall–Kier alpha value is -3.15. The van der Waals surface area contributed by atoms with Crippen molar-refractivity contribution in [2.24, 2.45) is 0 Å². The highest BCUT2D eigenvalue weighted by Gasteiger charge is 2.49. The van der Waals surface area contributed by atoms with Crippen molar-refractivity contribution in [2.75, 3.05) is 6.54 Å². The number of carbonyl (C=O) groups is 3. The number of rotatable bonds is 4. The van der Waals surface area contributed by atoms with E-state index in [0.29, 0.717) is 10.5 Å². The monoisotopic (exact) mass is 324 g/mol. The van der Waals surface area contributed by atoms with Gasteiger partial charge >= 0.3 is 12.0 Å². The number of carboxylic acids is 1. The first kappa shape index (κ1) is 15.7. The van der Waals surface area contributed by atoms with E-state index in [0.717, 1.165) is 11.1 Å². The maximum absolute atomic E-state index is 12.5. The van der Waals surface area contributed by atoms with E-state index in [1.54, 1.807) is 19.1 Å². The molecule has 2 N–H and O–H groups in total. The SMILES string of the molecule is CC1(c2ccc(-c3ccccc3)cc2)NC(=O)N(CC(=O)O)C1=O. The van der Waals surface area contributed by atoms with Gasteiger partial charge < -0.3 is 10.4 Å².